The standard InChI is InChI=1S/C14H21N5/c1-3-9-15-13-5-4-6-14(17-13)16-10-7-12-8-11-19(2)18-12/h4-6,8,11H,3,7,9-10H2,1-2H3,(H2,15,16,17). The van der Waals surface area contributed by atoms with Crippen molar-refractivity contribution in [2.75, 3.05) is 23.7 Å². The average Bonchev–Trinajstić information content (AvgIpc) is 2.83. The van der Waals surface area contributed by atoms with Gasteiger partial charge in [0.15, 0.2) is 0 Å². The van der Waals surface area contributed by atoms with Gasteiger partial charge in [-0.1, -0.05) is 13.0 Å². The Balaban J connectivity index is 1.82. The van der Waals surface area contributed by atoms with Crippen LogP contribution in [0.3, 0.4) is 0 Å². The number of pyridine rings is 1. The summed E-state index contributed by atoms with van der Waals surface area (Å²) in [6.07, 6.45) is 3.96. The zero-order valence-corrected chi connectivity index (χ0v) is 11.6. The highest BCUT2D eigenvalue weighted by Gasteiger charge is 1.99. The number of hydrogen-bond donors (Lipinski definition) is 2. The monoisotopic (exact) mass is 259 g/mol. The van der Waals surface area contributed by atoms with Crippen molar-refractivity contribution in [3.63, 3.8) is 0 Å². The molecule has 0 saturated carbocycles. The van der Waals surface area contributed by atoms with Crippen LogP contribution < -0.4 is 10.6 Å². The maximum atomic E-state index is 4.50. The molecule has 2 aromatic heterocycles. The van der Waals surface area contributed by atoms with Crippen molar-refractivity contribution in [1.29, 1.82) is 0 Å². The van der Waals surface area contributed by atoms with E-state index < -0.39 is 0 Å². The molecule has 2 rings (SSSR count). The molecule has 0 spiro atoms. The van der Waals surface area contributed by atoms with E-state index in [0.717, 1.165) is 43.3 Å². The number of anilines is 2. The maximum absolute atomic E-state index is 4.50. The molecule has 2 heterocycles. The first-order valence-electron chi connectivity index (χ1n) is 6.71. The largest absolute Gasteiger partial charge is 0.370 e. The van der Waals surface area contributed by atoms with Crippen molar-refractivity contribution in [2.24, 2.45) is 7.05 Å². The summed E-state index contributed by atoms with van der Waals surface area (Å²) in [4.78, 5) is 4.50. The summed E-state index contributed by atoms with van der Waals surface area (Å²) in [5.74, 6) is 1.82. The molecule has 0 aliphatic heterocycles. The van der Waals surface area contributed by atoms with Gasteiger partial charge in [-0.25, -0.2) is 4.98 Å². The van der Waals surface area contributed by atoms with E-state index in [1.54, 1.807) is 0 Å². The molecule has 0 radical (unpaired) electrons. The number of nitrogens with one attached hydrogen (secondary N) is 2. The van der Waals surface area contributed by atoms with E-state index in [2.05, 4.69) is 27.6 Å². The summed E-state index contributed by atoms with van der Waals surface area (Å²) in [6, 6.07) is 8.01. The molecule has 0 atom stereocenters. The zero-order chi connectivity index (χ0) is 13.5. The molecule has 0 unspecified atom stereocenters. The van der Waals surface area contributed by atoms with Crippen LogP contribution in [-0.2, 0) is 13.5 Å². The third-order valence-electron chi connectivity index (χ3n) is 2.76. The number of aromatic nitrogens is 3. The molecule has 0 bridgehead atoms. The molecule has 5 nitrogen and oxygen atoms in total. The van der Waals surface area contributed by atoms with Crippen LogP contribution in [0.5, 0.6) is 0 Å². The lowest BCUT2D eigenvalue weighted by atomic mass is 10.3. The molecule has 5 heteroatoms. The van der Waals surface area contributed by atoms with Crippen LogP contribution >= 0.6 is 0 Å². The third kappa shape index (κ3) is 4.28. The second-order valence-electron chi connectivity index (χ2n) is 4.49. The highest BCUT2D eigenvalue weighted by atomic mass is 15.2. The minimum Gasteiger partial charge on any atom is -0.370 e. The lowest BCUT2D eigenvalue weighted by Crippen LogP contribution is -2.08. The fourth-order valence-corrected chi connectivity index (χ4v) is 1.80. The number of nitrogens with zero attached hydrogens (tertiary/aromatic N) is 3. The predicted molar refractivity (Wildman–Crippen MR) is 78.4 cm³/mol. The van der Waals surface area contributed by atoms with Gasteiger partial charge in [0.05, 0.1) is 5.69 Å². The molecule has 0 aromatic carbocycles. The molecule has 19 heavy (non-hydrogen) atoms. The first-order valence-corrected chi connectivity index (χ1v) is 6.71. The van der Waals surface area contributed by atoms with E-state index in [1.165, 1.54) is 0 Å². The van der Waals surface area contributed by atoms with E-state index in [1.807, 2.05) is 42.2 Å². The molecule has 0 aliphatic rings. The SMILES string of the molecule is CCCNc1cccc(NCCc2ccn(C)n2)n1. The first kappa shape index (κ1) is 13.4. The lowest BCUT2D eigenvalue weighted by Gasteiger charge is -2.08. The molecule has 0 amide bonds. The minimum absolute atomic E-state index is 0.835. The highest BCUT2D eigenvalue weighted by molar-refractivity contribution is 5.45. The van der Waals surface area contributed by atoms with E-state index in [9.17, 15) is 0 Å². The second-order valence-corrected chi connectivity index (χ2v) is 4.49. The Morgan fingerprint density at radius 1 is 1.11 bits per heavy atom. The van der Waals surface area contributed by atoms with Crippen LogP contribution in [-0.4, -0.2) is 27.9 Å². The summed E-state index contributed by atoms with van der Waals surface area (Å²) in [5, 5.41) is 10.9. The fraction of sp³-hybridized carbons (Fsp3) is 0.429. The zero-order valence-electron chi connectivity index (χ0n) is 11.6. The van der Waals surface area contributed by atoms with Gasteiger partial charge in [0.25, 0.3) is 0 Å². The van der Waals surface area contributed by atoms with Gasteiger partial charge >= 0.3 is 0 Å². The van der Waals surface area contributed by atoms with Gasteiger partial charge in [0.2, 0.25) is 0 Å². The van der Waals surface area contributed by atoms with Gasteiger partial charge in [0, 0.05) is 32.8 Å². The van der Waals surface area contributed by atoms with Gasteiger partial charge in [-0.2, -0.15) is 5.10 Å². The van der Waals surface area contributed by atoms with Crippen LogP contribution in [0.4, 0.5) is 11.6 Å². The van der Waals surface area contributed by atoms with Crippen LogP contribution in [0.2, 0.25) is 0 Å². The smallest absolute Gasteiger partial charge is 0.128 e. The Morgan fingerprint density at radius 3 is 2.47 bits per heavy atom. The van der Waals surface area contributed by atoms with Crippen molar-refractivity contribution >= 4 is 11.6 Å². The lowest BCUT2D eigenvalue weighted by molar-refractivity contribution is 0.742. The quantitative estimate of drug-likeness (QED) is 0.801. The summed E-state index contributed by atoms with van der Waals surface area (Å²) in [7, 11) is 1.93. The summed E-state index contributed by atoms with van der Waals surface area (Å²) in [6.45, 7) is 3.92. The van der Waals surface area contributed by atoms with Crippen molar-refractivity contribution < 1.29 is 0 Å². The van der Waals surface area contributed by atoms with Crippen molar-refractivity contribution in [2.45, 2.75) is 19.8 Å². The van der Waals surface area contributed by atoms with Crippen molar-refractivity contribution in [3.8, 4) is 0 Å². The molecule has 0 fully saturated rings. The number of rotatable bonds is 7. The van der Waals surface area contributed by atoms with E-state index in [4.69, 9.17) is 0 Å². The van der Waals surface area contributed by atoms with Crippen molar-refractivity contribution in [1.82, 2.24) is 14.8 Å². The van der Waals surface area contributed by atoms with Gasteiger partial charge in [0.1, 0.15) is 11.6 Å². The highest BCUT2D eigenvalue weighted by Crippen LogP contribution is 2.09. The molecule has 2 aromatic rings. The topological polar surface area (TPSA) is 54.8 Å². The Labute approximate surface area is 114 Å². The summed E-state index contributed by atoms with van der Waals surface area (Å²) >= 11 is 0. The Hall–Kier alpha value is -2.04. The van der Waals surface area contributed by atoms with Gasteiger partial charge in [-0.3, -0.25) is 4.68 Å². The number of aryl methyl sites for hydroxylation is 1. The molecule has 0 saturated heterocycles. The minimum atomic E-state index is 0.835. The molecular formula is C14H21N5. The van der Waals surface area contributed by atoms with Gasteiger partial charge < -0.3 is 10.6 Å². The van der Waals surface area contributed by atoms with E-state index in [-0.39, 0.29) is 0 Å². The first-order chi connectivity index (χ1) is 9.28. The second kappa shape index (κ2) is 6.78. The van der Waals surface area contributed by atoms with Gasteiger partial charge in [-0.15, -0.1) is 0 Å². The Kier molecular flexibility index (Phi) is 4.78. The van der Waals surface area contributed by atoms with Crippen molar-refractivity contribution in [3.05, 3.63) is 36.2 Å². The molecule has 102 valence electrons. The molecular weight excluding hydrogens is 238 g/mol. The van der Waals surface area contributed by atoms with Crippen LogP contribution in [0.1, 0.15) is 19.0 Å². The van der Waals surface area contributed by atoms with E-state index >= 15 is 0 Å². The summed E-state index contributed by atoms with van der Waals surface area (Å²) in [5.41, 5.74) is 1.09. The third-order valence-corrected chi connectivity index (χ3v) is 2.76. The molecule has 0 aliphatic carbocycles. The van der Waals surface area contributed by atoms with E-state index in [0.29, 0.717) is 0 Å². The van der Waals surface area contributed by atoms with Crippen LogP contribution in [0.15, 0.2) is 30.5 Å². The average molecular weight is 259 g/mol. The fourth-order valence-electron chi connectivity index (χ4n) is 1.80. The molecule has 2 N–H and O–H groups in total. The number of hydrogen-bond acceptors (Lipinski definition) is 4. The Morgan fingerprint density at radius 2 is 1.84 bits per heavy atom. The normalized spacial score (nSPS) is 10.4. The summed E-state index contributed by atoms with van der Waals surface area (Å²) < 4.78 is 1.82. The Bertz CT molecular complexity index is 506. The van der Waals surface area contributed by atoms with Crippen LogP contribution in [0, 0.1) is 0 Å². The predicted octanol–water partition coefficient (Wildman–Crippen LogP) is 2.29. The van der Waals surface area contributed by atoms with Gasteiger partial charge in [-0.05, 0) is 24.6 Å². The van der Waals surface area contributed by atoms with Crippen LogP contribution in [0.25, 0.3) is 0 Å². The maximum Gasteiger partial charge on any atom is 0.128 e.